The standard InChI is InChI=1S/C14H26N4O2S/c1-4-14(6-5-7-14)17-21(19,20)13-10-16-18(11-13)9-8-15-12(2)3/h10-12,15,17H,4-9H2,1-3H3. The van der Waals surface area contributed by atoms with Gasteiger partial charge in [-0.2, -0.15) is 5.10 Å². The number of hydrogen-bond acceptors (Lipinski definition) is 4. The van der Waals surface area contributed by atoms with Gasteiger partial charge in [-0.1, -0.05) is 20.8 Å². The fourth-order valence-electron chi connectivity index (χ4n) is 2.55. The first-order valence-electron chi connectivity index (χ1n) is 7.67. The highest BCUT2D eigenvalue weighted by molar-refractivity contribution is 7.89. The SMILES string of the molecule is CCC1(NS(=O)(=O)c2cnn(CCNC(C)C)c2)CCC1. The van der Waals surface area contributed by atoms with E-state index < -0.39 is 10.0 Å². The molecule has 0 bridgehead atoms. The van der Waals surface area contributed by atoms with Gasteiger partial charge in [-0.05, 0) is 25.7 Å². The molecular weight excluding hydrogens is 288 g/mol. The smallest absolute Gasteiger partial charge is 0.244 e. The maximum Gasteiger partial charge on any atom is 0.244 e. The Morgan fingerprint density at radius 2 is 2.14 bits per heavy atom. The van der Waals surface area contributed by atoms with E-state index in [4.69, 9.17) is 0 Å². The third kappa shape index (κ3) is 4.05. The third-order valence-corrected chi connectivity index (χ3v) is 5.68. The Morgan fingerprint density at radius 1 is 1.43 bits per heavy atom. The fraction of sp³-hybridized carbons (Fsp3) is 0.786. The summed E-state index contributed by atoms with van der Waals surface area (Å²) in [6, 6.07) is 0.411. The van der Waals surface area contributed by atoms with Crippen LogP contribution in [0.15, 0.2) is 17.3 Å². The van der Waals surface area contributed by atoms with Crippen molar-refractivity contribution in [3.8, 4) is 0 Å². The van der Waals surface area contributed by atoms with Crippen molar-refractivity contribution >= 4 is 10.0 Å². The Labute approximate surface area is 127 Å². The van der Waals surface area contributed by atoms with Crippen molar-refractivity contribution < 1.29 is 8.42 Å². The molecule has 0 radical (unpaired) electrons. The largest absolute Gasteiger partial charge is 0.313 e. The topological polar surface area (TPSA) is 76.0 Å². The van der Waals surface area contributed by atoms with Gasteiger partial charge in [0.25, 0.3) is 0 Å². The second-order valence-electron chi connectivity index (χ2n) is 6.14. The Morgan fingerprint density at radius 3 is 2.67 bits per heavy atom. The first-order valence-corrected chi connectivity index (χ1v) is 9.15. The Hall–Kier alpha value is -0.920. The minimum absolute atomic E-state index is 0.236. The maximum absolute atomic E-state index is 12.4. The monoisotopic (exact) mass is 314 g/mol. The first kappa shape index (κ1) is 16.5. The Balaban J connectivity index is 1.99. The van der Waals surface area contributed by atoms with E-state index in [0.29, 0.717) is 12.6 Å². The van der Waals surface area contributed by atoms with E-state index in [1.54, 1.807) is 10.9 Å². The van der Waals surface area contributed by atoms with Crippen LogP contribution in [0.2, 0.25) is 0 Å². The van der Waals surface area contributed by atoms with E-state index in [-0.39, 0.29) is 10.4 Å². The second kappa shape index (κ2) is 6.46. The number of sulfonamides is 1. The number of nitrogens with zero attached hydrogens (tertiary/aromatic N) is 2. The molecule has 0 unspecified atom stereocenters. The van der Waals surface area contributed by atoms with E-state index in [2.05, 4.69) is 29.0 Å². The van der Waals surface area contributed by atoms with Gasteiger partial charge in [-0.15, -0.1) is 0 Å². The molecule has 0 spiro atoms. The van der Waals surface area contributed by atoms with Gasteiger partial charge in [0.05, 0.1) is 12.7 Å². The average molecular weight is 314 g/mol. The van der Waals surface area contributed by atoms with Crippen LogP contribution in [0.25, 0.3) is 0 Å². The molecule has 1 aliphatic rings. The Bertz CT molecular complexity index is 556. The lowest BCUT2D eigenvalue weighted by molar-refractivity contribution is 0.214. The molecule has 1 aromatic rings. The molecule has 0 aromatic carbocycles. The van der Waals surface area contributed by atoms with Crippen LogP contribution in [-0.4, -0.2) is 36.3 Å². The molecule has 2 N–H and O–H groups in total. The molecule has 0 amide bonds. The zero-order valence-electron chi connectivity index (χ0n) is 13.1. The number of rotatable bonds is 8. The lowest BCUT2D eigenvalue weighted by Crippen LogP contribution is -2.52. The molecule has 21 heavy (non-hydrogen) atoms. The van der Waals surface area contributed by atoms with Gasteiger partial charge in [0, 0.05) is 24.3 Å². The van der Waals surface area contributed by atoms with Crippen molar-refractivity contribution in [2.75, 3.05) is 6.54 Å². The maximum atomic E-state index is 12.4. The van der Waals surface area contributed by atoms with Gasteiger partial charge < -0.3 is 5.32 Å². The van der Waals surface area contributed by atoms with Crippen LogP contribution in [0.1, 0.15) is 46.5 Å². The van der Waals surface area contributed by atoms with Crippen LogP contribution in [0, 0.1) is 0 Å². The van der Waals surface area contributed by atoms with Gasteiger partial charge >= 0.3 is 0 Å². The quantitative estimate of drug-likeness (QED) is 0.762. The molecule has 2 rings (SSSR count). The number of hydrogen-bond donors (Lipinski definition) is 2. The van der Waals surface area contributed by atoms with Crippen LogP contribution >= 0.6 is 0 Å². The predicted molar refractivity (Wildman–Crippen MR) is 82.6 cm³/mol. The molecule has 0 atom stereocenters. The lowest BCUT2D eigenvalue weighted by atomic mass is 9.76. The van der Waals surface area contributed by atoms with Crippen LogP contribution in [0.5, 0.6) is 0 Å². The zero-order valence-corrected chi connectivity index (χ0v) is 13.9. The van der Waals surface area contributed by atoms with Crippen molar-refractivity contribution in [3.05, 3.63) is 12.4 Å². The molecule has 120 valence electrons. The molecule has 0 saturated heterocycles. The van der Waals surface area contributed by atoms with E-state index in [1.807, 2.05) is 6.92 Å². The van der Waals surface area contributed by atoms with Crippen LogP contribution in [0.4, 0.5) is 0 Å². The van der Waals surface area contributed by atoms with Gasteiger partial charge in [0.1, 0.15) is 4.90 Å². The highest BCUT2D eigenvalue weighted by Crippen LogP contribution is 2.35. The van der Waals surface area contributed by atoms with Crippen LogP contribution in [-0.2, 0) is 16.6 Å². The van der Waals surface area contributed by atoms with E-state index in [9.17, 15) is 8.42 Å². The normalized spacial score (nSPS) is 17.9. The minimum Gasteiger partial charge on any atom is -0.313 e. The van der Waals surface area contributed by atoms with E-state index in [0.717, 1.165) is 32.2 Å². The van der Waals surface area contributed by atoms with Gasteiger partial charge in [0.15, 0.2) is 0 Å². The zero-order chi connectivity index (χ0) is 15.5. The first-order chi connectivity index (χ1) is 9.87. The van der Waals surface area contributed by atoms with Crippen molar-refractivity contribution in [2.45, 2.75) is 69.5 Å². The highest BCUT2D eigenvalue weighted by atomic mass is 32.2. The van der Waals surface area contributed by atoms with Gasteiger partial charge in [-0.3, -0.25) is 4.68 Å². The van der Waals surface area contributed by atoms with Crippen molar-refractivity contribution in [1.29, 1.82) is 0 Å². The summed E-state index contributed by atoms with van der Waals surface area (Å²) in [6.07, 6.45) is 6.81. The number of aromatic nitrogens is 2. The molecule has 7 heteroatoms. The average Bonchev–Trinajstić information content (AvgIpc) is 2.83. The minimum atomic E-state index is -3.47. The van der Waals surface area contributed by atoms with Crippen LogP contribution < -0.4 is 10.0 Å². The molecule has 1 fully saturated rings. The fourth-order valence-corrected chi connectivity index (χ4v) is 4.03. The molecule has 1 aromatic heterocycles. The summed E-state index contributed by atoms with van der Waals surface area (Å²) in [5.74, 6) is 0. The van der Waals surface area contributed by atoms with Crippen molar-refractivity contribution in [3.63, 3.8) is 0 Å². The highest BCUT2D eigenvalue weighted by Gasteiger charge is 2.39. The third-order valence-electron chi connectivity index (χ3n) is 4.15. The molecule has 1 heterocycles. The predicted octanol–water partition coefficient (Wildman–Crippen LogP) is 1.49. The van der Waals surface area contributed by atoms with Crippen molar-refractivity contribution in [1.82, 2.24) is 19.8 Å². The van der Waals surface area contributed by atoms with E-state index >= 15 is 0 Å². The Kier molecular flexibility index (Phi) is 5.06. The van der Waals surface area contributed by atoms with Crippen molar-refractivity contribution in [2.24, 2.45) is 0 Å². The second-order valence-corrected chi connectivity index (χ2v) is 7.82. The van der Waals surface area contributed by atoms with Gasteiger partial charge in [0.2, 0.25) is 10.0 Å². The summed E-state index contributed by atoms with van der Waals surface area (Å²) in [4.78, 5) is 0.256. The molecule has 1 aliphatic carbocycles. The lowest BCUT2D eigenvalue weighted by Gasteiger charge is -2.41. The van der Waals surface area contributed by atoms with Gasteiger partial charge in [-0.25, -0.2) is 13.1 Å². The summed E-state index contributed by atoms with van der Waals surface area (Å²) in [5, 5.41) is 7.42. The van der Waals surface area contributed by atoms with E-state index in [1.165, 1.54) is 6.20 Å². The molecule has 0 aliphatic heterocycles. The summed E-state index contributed by atoms with van der Waals surface area (Å²) < 4.78 is 29.4. The summed E-state index contributed by atoms with van der Waals surface area (Å²) in [6.45, 7) is 7.61. The number of nitrogens with one attached hydrogen (secondary N) is 2. The molecule has 6 nitrogen and oxygen atoms in total. The van der Waals surface area contributed by atoms with Crippen LogP contribution in [0.3, 0.4) is 0 Å². The summed E-state index contributed by atoms with van der Waals surface area (Å²) >= 11 is 0. The summed E-state index contributed by atoms with van der Waals surface area (Å²) in [7, 11) is -3.47. The molecule has 1 saturated carbocycles. The molecular formula is C14H26N4O2S. The summed E-state index contributed by atoms with van der Waals surface area (Å²) in [5.41, 5.74) is -0.236.